The monoisotopic (exact) mass is 349 g/mol. The summed E-state index contributed by atoms with van der Waals surface area (Å²) in [5.74, 6) is 0.185. The molecule has 1 aliphatic carbocycles. The second-order valence-electron chi connectivity index (χ2n) is 7.10. The van der Waals surface area contributed by atoms with Gasteiger partial charge in [-0.25, -0.2) is 0 Å². The lowest BCUT2D eigenvalue weighted by Crippen LogP contribution is -2.47. The molecule has 4 rings (SSSR count). The van der Waals surface area contributed by atoms with Crippen molar-refractivity contribution >= 4 is 11.8 Å². The summed E-state index contributed by atoms with van der Waals surface area (Å²) < 4.78 is 0. The lowest BCUT2D eigenvalue weighted by Gasteiger charge is -2.34. The second kappa shape index (κ2) is 7.28. The Morgan fingerprint density at radius 3 is 2.50 bits per heavy atom. The molecule has 2 aromatic rings. The van der Waals surface area contributed by atoms with Crippen LogP contribution in [-0.2, 0) is 11.2 Å². The predicted molar refractivity (Wildman–Crippen MR) is 98.8 cm³/mol. The first-order valence-corrected chi connectivity index (χ1v) is 9.30. The maximum absolute atomic E-state index is 12.9. The van der Waals surface area contributed by atoms with E-state index in [1.807, 2.05) is 17.0 Å². The van der Waals surface area contributed by atoms with E-state index in [4.69, 9.17) is 0 Å². The van der Waals surface area contributed by atoms with E-state index >= 15 is 0 Å². The average Bonchev–Trinajstić information content (AvgIpc) is 3.13. The number of aryl methyl sites for hydroxylation is 1. The van der Waals surface area contributed by atoms with Crippen molar-refractivity contribution in [1.82, 2.24) is 15.2 Å². The third-order valence-corrected chi connectivity index (χ3v) is 5.52. The van der Waals surface area contributed by atoms with Gasteiger partial charge in [-0.05, 0) is 48.9 Å². The van der Waals surface area contributed by atoms with Gasteiger partial charge in [-0.15, -0.1) is 0 Å². The van der Waals surface area contributed by atoms with Crippen LogP contribution in [0.3, 0.4) is 0 Å². The van der Waals surface area contributed by atoms with Crippen LogP contribution < -0.4 is 5.32 Å². The van der Waals surface area contributed by atoms with Gasteiger partial charge in [0.05, 0.1) is 5.92 Å². The third-order valence-electron chi connectivity index (χ3n) is 5.52. The number of likely N-dealkylation sites (tertiary alicyclic amines) is 1. The van der Waals surface area contributed by atoms with E-state index in [1.54, 1.807) is 24.5 Å². The molecule has 0 unspecified atom stereocenters. The maximum atomic E-state index is 12.9. The van der Waals surface area contributed by atoms with Crippen LogP contribution in [0.5, 0.6) is 0 Å². The van der Waals surface area contributed by atoms with Crippen molar-refractivity contribution in [3.05, 3.63) is 65.5 Å². The number of aromatic nitrogens is 1. The molecule has 1 fully saturated rings. The van der Waals surface area contributed by atoms with Gasteiger partial charge >= 0.3 is 0 Å². The van der Waals surface area contributed by atoms with Crippen molar-refractivity contribution in [2.45, 2.75) is 37.6 Å². The fourth-order valence-electron chi connectivity index (χ4n) is 4.05. The fourth-order valence-corrected chi connectivity index (χ4v) is 4.05. The summed E-state index contributed by atoms with van der Waals surface area (Å²) in [6, 6.07) is 11.8. The van der Waals surface area contributed by atoms with Crippen LogP contribution in [0.2, 0.25) is 0 Å². The smallest absolute Gasteiger partial charge is 0.251 e. The van der Waals surface area contributed by atoms with Crippen molar-refractivity contribution in [2.24, 2.45) is 0 Å². The maximum Gasteiger partial charge on any atom is 0.251 e. The number of piperidine rings is 1. The predicted octanol–water partition coefficient (Wildman–Crippen LogP) is 2.53. The summed E-state index contributed by atoms with van der Waals surface area (Å²) in [4.78, 5) is 31.1. The normalized spacial score (nSPS) is 19.8. The summed E-state index contributed by atoms with van der Waals surface area (Å²) in [7, 11) is 0. The van der Waals surface area contributed by atoms with Gasteiger partial charge in [0, 0.05) is 37.1 Å². The molecular weight excluding hydrogens is 326 g/mol. The van der Waals surface area contributed by atoms with E-state index in [2.05, 4.69) is 22.4 Å². The first-order valence-electron chi connectivity index (χ1n) is 9.30. The number of carbonyl (C=O) groups excluding carboxylic acids is 2. The van der Waals surface area contributed by atoms with Crippen LogP contribution in [-0.4, -0.2) is 40.8 Å². The molecule has 2 aliphatic rings. The van der Waals surface area contributed by atoms with Gasteiger partial charge < -0.3 is 10.2 Å². The molecule has 2 amide bonds. The Morgan fingerprint density at radius 1 is 1.00 bits per heavy atom. The van der Waals surface area contributed by atoms with E-state index in [1.165, 1.54) is 11.1 Å². The topological polar surface area (TPSA) is 62.3 Å². The van der Waals surface area contributed by atoms with Crippen molar-refractivity contribution in [1.29, 1.82) is 0 Å². The SMILES string of the molecule is O=C(NC1CCN(C(=O)[C@@H]2CCc3ccccc32)CC1)c1ccncc1. The Labute approximate surface area is 153 Å². The highest BCUT2D eigenvalue weighted by Crippen LogP contribution is 2.34. The van der Waals surface area contributed by atoms with Crippen molar-refractivity contribution in [3.63, 3.8) is 0 Å². The number of carbonyl (C=O) groups is 2. The molecule has 5 nitrogen and oxygen atoms in total. The van der Waals surface area contributed by atoms with Gasteiger partial charge in [-0.2, -0.15) is 0 Å². The molecular formula is C21H23N3O2. The van der Waals surface area contributed by atoms with E-state index in [0.717, 1.165) is 25.7 Å². The van der Waals surface area contributed by atoms with Crippen LogP contribution in [0.15, 0.2) is 48.8 Å². The number of nitrogens with zero attached hydrogens (tertiary/aromatic N) is 2. The molecule has 1 aliphatic heterocycles. The minimum absolute atomic E-state index is 0.00848. The zero-order valence-electron chi connectivity index (χ0n) is 14.7. The molecule has 1 saturated heterocycles. The van der Waals surface area contributed by atoms with Gasteiger partial charge in [0.25, 0.3) is 5.91 Å². The Balaban J connectivity index is 1.33. The standard InChI is InChI=1S/C21H23N3O2/c25-20(16-7-11-22-12-8-16)23-17-9-13-24(14-10-17)21(26)19-6-5-15-3-1-2-4-18(15)19/h1-4,7-8,11-12,17,19H,5-6,9-10,13-14H2,(H,23,25)/t19-/m1/s1. The molecule has 1 atom stereocenters. The van der Waals surface area contributed by atoms with Crippen molar-refractivity contribution < 1.29 is 9.59 Å². The fraction of sp³-hybridized carbons (Fsp3) is 0.381. The summed E-state index contributed by atoms with van der Waals surface area (Å²) in [5, 5.41) is 3.08. The number of nitrogens with one attached hydrogen (secondary N) is 1. The molecule has 2 heterocycles. The number of rotatable bonds is 3. The largest absolute Gasteiger partial charge is 0.349 e. The van der Waals surface area contributed by atoms with E-state index in [-0.39, 0.29) is 23.8 Å². The first kappa shape index (κ1) is 16.8. The van der Waals surface area contributed by atoms with Gasteiger partial charge in [0.2, 0.25) is 5.91 Å². The molecule has 1 aromatic carbocycles. The van der Waals surface area contributed by atoms with E-state index in [9.17, 15) is 9.59 Å². The molecule has 0 saturated carbocycles. The molecule has 0 bridgehead atoms. The second-order valence-corrected chi connectivity index (χ2v) is 7.10. The zero-order valence-corrected chi connectivity index (χ0v) is 14.7. The van der Waals surface area contributed by atoms with Crippen LogP contribution in [0.4, 0.5) is 0 Å². The minimum Gasteiger partial charge on any atom is -0.349 e. The quantitative estimate of drug-likeness (QED) is 0.926. The van der Waals surface area contributed by atoms with Crippen molar-refractivity contribution in [2.75, 3.05) is 13.1 Å². The summed E-state index contributed by atoms with van der Waals surface area (Å²) >= 11 is 0. The van der Waals surface area contributed by atoms with Gasteiger partial charge in [-0.3, -0.25) is 14.6 Å². The van der Waals surface area contributed by atoms with Crippen molar-refractivity contribution in [3.8, 4) is 0 Å². The van der Waals surface area contributed by atoms with E-state index in [0.29, 0.717) is 18.7 Å². The van der Waals surface area contributed by atoms with Crippen LogP contribution in [0.25, 0.3) is 0 Å². The number of amides is 2. The lowest BCUT2D eigenvalue weighted by molar-refractivity contribution is -0.133. The highest BCUT2D eigenvalue weighted by molar-refractivity contribution is 5.94. The Kier molecular flexibility index (Phi) is 4.69. The average molecular weight is 349 g/mol. The molecule has 5 heteroatoms. The molecule has 1 aromatic heterocycles. The summed E-state index contributed by atoms with van der Waals surface area (Å²) in [6.45, 7) is 1.41. The van der Waals surface area contributed by atoms with Crippen LogP contribution >= 0.6 is 0 Å². The number of benzene rings is 1. The Hall–Kier alpha value is -2.69. The Bertz CT molecular complexity index is 798. The number of pyridine rings is 1. The summed E-state index contributed by atoms with van der Waals surface area (Å²) in [6.07, 6.45) is 6.75. The summed E-state index contributed by atoms with van der Waals surface area (Å²) in [5.41, 5.74) is 3.14. The Morgan fingerprint density at radius 2 is 1.73 bits per heavy atom. The first-order chi connectivity index (χ1) is 12.7. The highest BCUT2D eigenvalue weighted by atomic mass is 16.2. The van der Waals surface area contributed by atoms with Crippen LogP contribution in [0.1, 0.15) is 46.7 Å². The van der Waals surface area contributed by atoms with Crippen LogP contribution in [0, 0.1) is 0 Å². The molecule has 1 N–H and O–H groups in total. The number of hydrogen-bond donors (Lipinski definition) is 1. The van der Waals surface area contributed by atoms with E-state index < -0.39 is 0 Å². The molecule has 134 valence electrons. The third kappa shape index (κ3) is 3.34. The molecule has 0 radical (unpaired) electrons. The van der Waals surface area contributed by atoms with Gasteiger partial charge in [0.1, 0.15) is 0 Å². The van der Waals surface area contributed by atoms with Gasteiger partial charge in [0.15, 0.2) is 0 Å². The number of fused-ring (bicyclic) bond motifs is 1. The number of hydrogen-bond acceptors (Lipinski definition) is 3. The lowest BCUT2D eigenvalue weighted by atomic mass is 9.97. The molecule has 0 spiro atoms. The zero-order chi connectivity index (χ0) is 17.9. The highest BCUT2D eigenvalue weighted by Gasteiger charge is 2.33. The van der Waals surface area contributed by atoms with Gasteiger partial charge in [-0.1, -0.05) is 24.3 Å². The molecule has 26 heavy (non-hydrogen) atoms. The minimum atomic E-state index is -0.0677.